The number of hydrogen-bond donors (Lipinski definition) is 2. The lowest BCUT2D eigenvalue weighted by Gasteiger charge is -2.28. The summed E-state index contributed by atoms with van der Waals surface area (Å²) < 4.78 is 17.0. The highest BCUT2D eigenvalue weighted by Crippen LogP contribution is 2.19. The summed E-state index contributed by atoms with van der Waals surface area (Å²) in [6.45, 7) is 13.5. The number of amides is 3. The molecule has 0 aliphatic carbocycles. The molecule has 1 heterocycles. The van der Waals surface area contributed by atoms with Gasteiger partial charge >= 0.3 is 0 Å². The van der Waals surface area contributed by atoms with Crippen LogP contribution in [0, 0.1) is 5.92 Å². The molecular weight excluding hydrogens is 416 g/mol. The van der Waals surface area contributed by atoms with E-state index in [4.69, 9.17) is 14.2 Å². The quantitative estimate of drug-likeness (QED) is 0.283. The number of carbonyl (C=O) groups excluding carboxylic acids is 3. The third-order valence-electron chi connectivity index (χ3n) is 5.04. The average Bonchev–Trinajstić information content (AvgIpc) is 2.91. The molecule has 3 amide bonds. The fourth-order valence-electron chi connectivity index (χ4n) is 3.05. The van der Waals surface area contributed by atoms with Gasteiger partial charge in [0.25, 0.3) is 0 Å². The van der Waals surface area contributed by atoms with Crippen LogP contribution in [0.1, 0.15) is 67.2 Å². The van der Waals surface area contributed by atoms with Crippen molar-refractivity contribution in [1.82, 2.24) is 10.2 Å². The molecule has 0 bridgehead atoms. The largest absolute Gasteiger partial charge is 0.388 e. The number of aliphatic hydroxyl groups is 1. The fraction of sp³-hybridized carbons (Fsp3) is 0.870. The van der Waals surface area contributed by atoms with Gasteiger partial charge in [-0.1, -0.05) is 6.92 Å². The van der Waals surface area contributed by atoms with E-state index >= 15 is 0 Å². The Bertz CT molecular complexity index is 616. The Kier molecular flexibility index (Phi) is 11.8. The number of nitrogens with one attached hydrogen (secondary N) is 1. The van der Waals surface area contributed by atoms with Crippen LogP contribution >= 0.6 is 0 Å². The molecule has 0 aromatic rings. The summed E-state index contributed by atoms with van der Waals surface area (Å²) >= 11 is 0. The van der Waals surface area contributed by atoms with Gasteiger partial charge in [-0.15, -0.1) is 0 Å². The van der Waals surface area contributed by atoms with Crippen molar-refractivity contribution in [3.05, 3.63) is 0 Å². The molecular formula is C23H42N2O7. The van der Waals surface area contributed by atoms with Gasteiger partial charge in [0.2, 0.25) is 17.7 Å². The number of hydrogen-bond acceptors (Lipinski definition) is 7. The van der Waals surface area contributed by atoms with Crippen molar-refractivity contribution in [2.75, 3.05) is 39.5 Å². The van der Waals surface area contributed by atoms with E-state index in [2.05, 4.69) is 5.32 Å². The van der Waals surface area contributed by atoms with Crippen molar-refractivity contribution in [3.63, 3.8) is 0 Å². The Morgan fingerprint density at radius 1 is 1.16 bits per heavy atom. The third kappa shape index (κ3) is 11.9. The highest BCUT2D eigenvalue weighted by molar-refractivity contribution is 6.03. The molecule has 2 unspecified atom stereocenters. The van der Waals surface area contributed by atoms with Crippen LogP contribution in [0.15, 0.2) is 0 Å². The summed E-state index contributed by atoms with van der Waals surface area (Å²) in [5, 5.41) is 12.8. The van der Waals surface area contributed by atoms with Crippen LogP contribution in [0.4, 0.5) is 0 Å². The molecule has 9 heteroatoms. The topological polar surface area (TPSA) is 114 Å². The average molecular weight is 459 g/mol. The van der Waals surface area contributed by atoms with Gasteiger partial charge in [-0.25, -0.2) is 0 Å². The maximum Gasteiger partial charge on any atom is 0.232 e. The molecule has 32 heavy (non-hydrogen) atoms. The van der Waals surface area contributed by atoms with Crippen LogP contribution in [0.3, 0.4) is 0 Å². The highest BCUT2D eigenvalue weighted by Gasteiger charge is 2.35. The number of nitrogens with zero attached hydrogens (tertiary/aromatic N) is 1. The van der Waals surface area contributed by atoms with Gasteiger partial charge in [0.05, 0.1) is 24.4 Å². The third-order valence-corrected chi connectivity index (χ3v) is 5.04. The highest BCUT2D eigenvalue weighted by atomic mass is 16.5. The smallest absolute Gasteiger partial charge is 0.232 e. The van der Waals surface area contributed by atoms with Crippen molar-refractivity contribution < 1.29 is 33.7 Å². The molecule has 0 spiro atoms. The minimum Gasteiger partial charge on any atom is -0.388 e. The Morgan fingerprint density at radius 2 is 1.84 bits per heavy atom. The van der Waals surface area contributed by atoms with E-state index in [-0.39, 0.29) is 61.8 Å². The van der Waals surface area contributed by atoms with Gasteiger partial charge in [-0.2, -0.15) is 0 Å². The lowest BCUT2D eigenvalue weighted by molar-refractivity contribution is -0.139. The zero-order valence-electron chi connectivity index (χ0n) is 20.6. The van der Waals surface area contributed by atoms with E-state index in [0.29, 0.717) is 26.2 Å². The lowest BCUT2D eigenvalue weighted by atomic mass is 10.1. The monoisotopic (exact) mass is 458 g/mol. The normalized spacial score (nSPS) is 18.3. The van der Waals surface area contributed by atoms with E-state index in [9.17, 15) is 19.5 Å². The van der Waals surface area contributed by atoms with E-state index in [1.165, 1.54) is 0 Å². The second-order valence-corrected chi connectivity index (χ2v) is 9.95. The first-order valence-corrected chi connectivity index (χ1v) is 11.5. The molecule has 0 radical (unpaired) electrons. The molecule has 1 aliphatic rings. The molecule has 1 rings (SSSR count). The van der Waals surface area contributed by atoms with Crippen LogP contribution in [-0.4, -0.2) is 84.6 Å². The van der Waals surface area contributed by atoms with Gasteiger partial charge in [-0.05, 0) is 47.5 Å². The van der Waals surface area contributed by atoms with Gasteiger partial charge in [0.15, 0.2) is 0 Å². The molecule has 2 atom stereocenters. The zero-order valence-corrected chi connectivity index (χ0v) is 20.6. The predicted octanol–water partition coefficient (Wildman–Crippen LogP) is 1.66. The summed E-state index contributed by atoms with van der Waals surface area (Å²) in [5.74, 6) is -0.929. The molecule has 1 saturated heterocycles. The number of ether oxygens (including phenoxy) is 3. The molecule has 0 aromatic heterocycles. The Balaban J connectivity index is 2.05. The second kappa shape index (κ2) is 13.2. The molecule has 186 valence electrons. The van der Waals surface area contributed by atoms with Crippen LogP contribution < -0.4 is 5.32 Å². The second-order valence-electron chi connectivity index (χ2n) is 9.95. The summed E-state index contributed by atoms with van der Waals surface area (Å²) in [7, 11) is 0. The van der Waals surface area contributed by atoms with Crippen molar-refractivity contribution in [2.45, 2.75) is 84.5 Å². The minimum absolute atomic E-state index is 0.0949. The van der Waals surface area contributed by atoms with Gasteiger partial charge in [-0.3, -0.25) is 19.3 Å². The Hall–Kier alpha value is -1.55. The maximum atomic E-state index is 11.9. The van der Waals surface area contributed by atoms with E-state index in [1.807, 2.05) is 34.6 Å². The maximum absolute atomic E-state index is 11.9. The van der Waals surface area contributed by atoms with Crippen molar-refractivity contribution in [1.29, 1.82) is 0 Å². The van der Waals surface area contributed by atoms with E-state index in [1.54, 1.807) is 6.92 Å². The first-order chi connectivity index (χ1) is 14.8. The first-order valence-electron chi connectivity index (χ1n) is 11.5. The lowest BCUT2D eigenvalue weighted by Crippen LogP contribution is -2.35. The number of likely N-dealkylation sites (tertiary alicyclic amines) is 1. The van der Waals surface area contributed by atoms with Crippen molar-refractivity contribution >= 4 is 17.7 Å². The molecule has 0 saturated carbocycles. The standard InChI is InChI=1S/C23H42N2O7/c1-17-14-20(28)25(21(17)29)11-8-19(27)24-10-7-12-30-15-18(26)16-32-23(5,6)9-13-31-22(2,3)4/h17-18,26H,7-16H2,1-6H3,(H,24,27). The van der Waals surface area contributed by atoms with Crippen LogP contribution in [-0.2, 0) is 28.6 Å². The summed E-state index contributed by atoms with van der Waals surface area (Å²) in [5.41, 5.74) is -0.591. The molecule has 1 fully saturated rings. The zero-order chi connectivity index (χ0) is 24.4. The summed E-state index contributed by atoms with van der Waals surface area (Å²) in [6, 6.07) is 0. The van der Waals surface area contributed by atoms with Gasteiger partial charge in [0, 0.05) is 45.1 Å². The summed E-state index contributed by atoms with van der Waals surface area (Å²) in [4.78, 5) is 36.6. The predicted molar refractivity (Wildman–Crippen MR) is 120 cm³/mol. The fourth-order valence-corrected chi connectivity index (χ4v) is 3.05. The Labute approximate surface area is 192 Å². The van der Waals surface area contributed by atoms with Crippen LogP contribution in [0.25, 0.3) is 0 Å². The van der Waals surface area contributed by atoms with Crippen LogP contribution in [0.2, 0.25) is 0 Å². The van der Waals surface area contributed by atoms with Crippen LogP contribution in [0.5, 0.6) is 0 Å². The molecule has 9 nitrogen and oxygen atoms in total. The van der Waals surface area contributed by atoms with Crippen molar-refractivity contribution in [2.24, 2.45) is 5.92 Å². The minimum atomic E-state index is -0.731. The van der Waals surface area contributed by atoms with Gasteiger partial charge in [0.1, 0.15) is 6.10 Å². The first kappa shape index (κ1) is 28.5. The molecule has 1 aliphatic heterocycles. The van der Waals surface area contributed by atoms with E-state index in [0.717, 1.165) is 11.3 Å². The number of carbonyl (C=O) groups is 3. The summed E-state index contributed by atoms with van der Waals surface area (Å²) in [6.07, 6.45) is 0.894. The van der Waals surface area contributed by atoms with Crippen molar-refractivity contribution in [3.8, 4) is 0 Å². The van der Waals surface area contributed by atoms with Gasteiger partial charge < -0.3 is 24.6 Å². The molecule has 2 N–H and O–H groups in total. The Morgan fingerprint density at radius 3 is 2.44 bits per heavy atom. The molecule has 0 aromatic carbocycles. The number of aliphatic hydroxyl groups excluding tert-OH is 1. The number of imide groups is 1. The van der Waals surface area contributed by atoms with E-state index < -0.39 is 11.7 Å². The number of rotatable bonds is 15. The SMILES string of the molecule is CC1CC(=O)N(CCC(=O)NCCCOCC(O)COC(C)(C)CCOC(C)(C)C)C1=O.